The van der Waals surface area contributed by atoms with E-state index in [1.54, 1.807) is 39.3 Å². The molecule has 0 aliphatic carbocycles. The molecule has 3 nitrogen and oxygen atoms in total. The van der Waals surface area contributed by atoms with Crippen molar-refractivity contribution in [2.45, 2.75) is 32.1 Å². The molecule has 0 saturated carbocycles. The van der Waals surface area contributed by atoms with E-state index in [1.807, 2.05) is 13.0 Å². The standard InChI is InChI=1S/C19H22F3NO2/c1-12(15-7-5-6-8-17(15)19(20,21)22)23-13(2)16-11-14(24-3)9-10-18(16)25-4/h5-13,23H,1-4H3. The zero-order valence-corrected chi connectivity index (χ0v) is 14.6. The summed E-state index contributed by atoms with van der Waals surface area (Å²) in [5, 5.41) is 3.22. The third-order valence-electron chi connectivity index (χ3n) is 4.14. The van der Waals surface area contributed by atoms with E-state index >= 15 is 0 Å². The molecule has 6 heteroatoms. The predicted octanol–water partition coefficient (Wildman–Crippen LogP) is 5.13. The zero-order chi connectivity index (χ0) is 18.6. The number of halogens is 3. The molecule has 0 aliphatic heterocycles. The molecule has 2 unspecified atom stereocenters. The Morgan fingerprint density at radius 2 is 1.52 bits per heavy atom. The molecule has 2 aromatic rings. The highest BCUT2D eigenvalue weighted by Crippen LogP contribution is 2.36. The molecule has 136 valence electrons. The van der Waals surface area contributed by atoms with Crippen LogP contribution in [-0.4, -0.2) is 14.2 Å². The molecule has 0 amide bonds. The van der Waals surface area contributed by atoms with Crippen molar-refractivity contribution in [3.05, 3.63) is 59.2 Å². The van der Waals surface area contributed by atoms with Crippen LogP contribution >= 0.6 is 0 Å². The van der Waals surface area contributed by atoms with Gasteiger partial charge in [-0.05, 0) is 43.7 Å². The van der Waals surface area contributed by atoms with Crippen LogP contribution in [0, 0.1) is 0 Å². The fourth-order valence-corrected chi connectivity index (χ4v) is 2.87. The molecule has 0 saturated heterocycles. The fourth-order valence-electron chi connectivity index (χ4n) is 2.87. The van der Waals surface area contributed by atoms with E-state index in [0.717, 1.165) is 11.6 Å². The normalized spacial score (nSPS) is 14.0. The molecule has 0 heterocycles. The summed E-state index contributed by atoms with van der Waals surface area (Å²) in [4.78, 5) is 0. The molecule has 25 heavy (non-hydrogen) atoms. The first-order valence-corrected chi connectivity index (χ1v) is 7.92. The smallest absolute Gasteiger partial charge is 0.416 e. The van der Waals surface area contributed by atoms with Crippen LogP contribution in [0.4, 0.5) is 13.2 Å². The van der Waals surface area contributed by atoms with E-state index in [-0.39, 0.29) is 11.6 Å². The minimum absolute atomic E-state index is 0.212. The number of nitrogens with one attached hydrogen (secondary N) is 1. The summed E-state index contributed by atoms with van der Waals surface area (Å²) >= 11 is 0. The Kier molecular flexibility index (Phi) is 5.95. The van der Waals surface area contributed by atoms with Crippen LogP contribution in [0.15, 0.2) is 42.5 Å². The Balaban J connectivity index is 2.28. The van der Waals surface area contributed by atoms with Crippen LogP contribution in [0.1, 0.15) is 42.6 Å². The Labute approximate surface area is 145 Å². The molecular formula is C19H22F3NO2. The molecule has 0 radical (unpaired) electrons. The Morgan fingerprint density at radius 1 is 0.880 bits per heavy atom. The van der Waals surface area contributed by atoms with Gasteiger partial charge in [-0.25, -0.2) is 0 Å². The van der Waals surface area contributed by atoms with Gasteiger partial charge in [-0.3, -0.25) is 0 Å². The van der Waals surface area contributed by atoms with E-state index in [2.05, 4.69) is 5.32 Å². The van der Waals surface area contributed by atoms with Crippen molar-refractivity contribution in [3.63, 3.8) is 0 Å². The molecule has 1 N–H and O–H groups in total. The number of rotatable bonds is 6. The molecule has 0 aromatic heterocycles. The maximum Gasteiger partial charge on any atom is 0.416 e. The van der Waals surface area contributed by atoms with Gasteiger partial charge in [0.1, 0.15) is 11.5 Å². The number of ether oxygens (including phenoxy) is 2. The van der Waals surface area contributed by atoms with Crippen molar-refractivity contribution in [2.24, 2.45) is 0 Å². The molecule has 2 rings (SSSR count). The van der Waals surface area contributed by atoms with E-state index in [1.165, 1.54) is 12.1 Å². The molecule has 0 spiro atoms. The highest BCUT2D eigenvalue weighted by molar-refractivity contribution is 5.42. The van der Waals surface area contributed by atoms with Gasteiger partial charge >= 0.3 is 6.18 Å². The number of hydrogen-bond acceptors (Lipinski definition) is 3. The monoisotopic (exact) mass is 353 g/mol. The fraction of sp³-hybridized carbons (Fsp3) is 0.368. The Hall–Kier alpha value is -2.21. The Bertz CT molecular complexity index is 716. The first kappa shape index (κ1) is 19.1. The van der Waals surface area contributed by atoms with E-state index in [4.69, 9.17) is 9.47 Å². The van der Waals surface area contributed by atoms with Crippen molar-refractivity contribution in [1.29, 1.82) is 0 Å². The van der Waals surface area contributed by atoms with Gasteiger partial charge in [0.15, 0.2) is 0 Å². The van der Waals surface area contributed by atoms with Crippen LogP contribution in [-0.2, 0) is 6.18 Å². The van der Waals surface area contributed by atoms with Crippen LogP contribution in [0.2, 0.25) is 0 Å². The lowest BCUT2D eigenvalue weighted by Crippen LogP contribution is -2.25. The third-order valence-corrected chi connectivity index (χ3v) is 4.14. The van der Waals surface area contributed by atoms with Crippen LogP contribution in [0.3, 0.4) is 0 Å². The average Bonchev–Trinajstić information content (AvgIpc) is 2.60. The van der Waals surface area contributed by atoms with E-state index in [9.17, 15) is 13.2 Å². The van der Waals surface area contributed by atoms with Gasteiger partial charge in [-0.1, -0.05) is 18.2 Å². The van der Waals surface area contributed by atoms with Crippen molar-refractivity contribution in [2.75, 3.05) is 14.2 Å². The summed E-state index contributed by atoms with van der Waals surface area (Å²) in [5.41, 5.74) is 0.404. The van der Waals surface area contributed by atoms with Crippen molar-refractivity contribution in [1.82, 2.24) is 5.32 Å². The van der Waals surface area contributed by atoms with Crippen molar-refractivity contribution >= 4 is 0 Å². The lowest BCUT2D eigenvalue weighted by atomic mass is 9.99. The largest absolute Gasteiger partial charge is 0.497 e. The number of methoxy groups -OCH3 is 2. The number of hydrogen-bond donors (Lipinski definition) is 1. The second-order valence-electron chi connectivity index (χ2n) is 5.80. The van der Waals surface area contributed by atoms with Gasteiger partial charge in [-0.2, -0.15) is 13.2 Å². The lowest BCUT2D eigenvalue weighted by Gasteiger charge is -2.25. The SMILES string of the molecule is COc1ccc(OC)c(C(C)NC(C)c2ccccc2C(F)(F)F)c1. The number of benzene rings is 2. The van der Waals surface area contributed by atoms with Crippen molar-refractivity contribution < 1.29 is 22.6 Å². The van der Waals surface area contributed by atoms with Gasteiger partial charge in [0, 0.05) is 17.6 Å². The van der Waals surface area contributed by atoms with Crippen LogP contribution < -0.4 is 14.8 Å². The minimum atomic E-state index is -4.39. The van der Waals surface area contributed by atoms with E-state index in [0.29, 0.717) is 11.5 Å². The first-order valence-electron chi connectivity index (χ1n) is 7.92. The van der Waals surface area contributed by atoms with Crippen LogP contribution in [0.5, 0.6) is 11.5 Å². The summed E-state index contributed by atoms with van der Waals surface area (Å²) < 4.78 is 50.2. The van der Waals surface area contributed by atoms with Gasteiger partial charge in [-0.15, -0.1) is 0 Å². The third kappa shape index (κ3) is 4.45. The minimum Gasteiger partial charge on any atom is -0.497 e. The Morgan fingerprint density at radius 3 is 2.12 bits per heavy atom. The summed E-state index contributed by atoms with van der Waals surface area (Å²) in [6, 6.07) is 10.2. The highest BCUT2D eigenvalue weighted by atomic mass is 19.4. The highest BCUT2D eigenvalue weighted by Gasteiger charge is 2.34. The predicted molar refractivity (Wildman–Crippen MR) is 91.0 cm³/mol. The number of alkyl halides is 3. The van der Waals surface area contributed by atoms with Gasteiger partial charge in [0.25, 0.3) is 0 Å². The quantitative estimate of drug-likeness (QED) is 0.780. The van der Waals surface area contributed by atoms with Crippen LogP contribution in [0.25, 0.3) is 0 Å². The topological polar surface area (TPSA) is 30.5 Å². The zero-order valence-electron chi connectivity index (χ0n) is 14.6. The summed E-state index contributed by atoms with van der Waals surface area (Å²) in [6.07, 6.45) is -4.39. The van der Waals surface area contributed by atoms with Crippen molar-refractivity contribution in [3.8, 4) is 11.5 Å². The lowest BCUT2D eigenvalue weighted by molar-refractivity contribution is -0.138. The second kappa shape index (κ2) is 7.78. The van der Waals surface area contributed by atoms with Gasteiger partial charge < -0.3 is 14.8 Å². The summed E-state index contributed by atoms with van der Waals surface area (Å²) in [7, 11) is 3.12. The molecule has 2 aromatic carbocycles. The second-order valence-corrected chi connectivity index (χ2v) is 5.80. The average molecular weight is 353 g/mol. The van der Waals surface area contributed by atoms with E-state index < -0.39 is 17.8 Å². The molecule has 0 aliphatic rings. The first-order chi connectivity index (χ1) is 11.8. The summed E-state index contributed by atoms with van der Waals surface area (Å²) in [6.45, 7) is 3.59. The molecule has 0 fully saturated rings. The molecule has 2 atom stereocenters. The van der Waals surface area contributed by atoms with Gasteiger partial charge in [0.05, 0.1) is 19.8 Å². The maximum atomic E-state index is 13.2. The maximum absolute atomic E-state index is 13.2. The molecule has 0 bridgehead atoms. The van der Waals surface area contributed by atoms with Gasteiger partial charge in [0.2, 0.25) is 0 Å². The molecular weight excluding hydrogens is 331 g/mol. The summed E-state index contributed by atoms with van der Waals surface area (Å²) in [5.74, 6) is 1.31.